The normalized spacial score (nSPS) is 11.6. The monoisotopic (exact) mass is 196 g/mol. The fourth-order valence-corrected chi connectivity index (χ4v) is 1.34. The summed E-state index contributed by atoms with van der Waals surface area (Å²) in [6.07, 6.45) is 2.34. The molecule has 78 valence electrons. The van der Waals surface area contributed by atoms with E-state index in [0.29, 0.717) is 6.42 Å². The van der Waals surface area contributed by atoms with Gasteiger partial charge in [-0.2, -0.15) is 0 Å². The second kappa shape index (κ2) is 5.10. The van der Waals surface area contributed by atoms with Crippen molar-refractivity contribution in [3.63, 3.8) is 0 Å². The Balaban J connectivity index is 2.17. The van der Waals surface area contributed by atoms with Crippen molar-refractivity contribution in [2.45, 2.75) is 31.7 Å². The second-order valence-corrected chi connectivity index (χ2v) is 3.47. The summed E-state index contributed by atoms with van der Waals surface area (Å²) in [5.41, 5.74) is 1.23. The summed E-state index contributed by atoms with van der Waals surface area (Å²) >= 11 is 0. The third-order valence-electron chi connectivity index (χ3n) is 2.07. The van der Waals surface area contributed by atoms with E-state index < -0.39 is 5.97 Å². The number of hydrogen-bond donors (Lipinski definition) is 3. The molecule has 0 aromatic heterocycles. The first-order valence-corrected chi connectivity index (χ1v) is 4.79. The average molecular weight is 196 g/mol. The van der Waals surface area contributed by atoms with Gasteiger partial charge in [-0.1, -0.05) is 30.3 Å². The fraction of sp³-hybridized carbons (Fsp3) is 0.455. The third-order valence-corrected chi connectivity index (χ3v) is 2.07. The molecule has 3 nitrogen and oxygen atoms in total. The van der Waals surface area contributed by atoms with Crippen LogP contribution in [0.4, 0.5) is 0 Å². The van der Waals surface area contributed by atoms with Crippen molar-refractivity contribution in [2.24, 2.45) is 0 Å². The number of hydrogen-bond acceptors (Lipinski definition) is 3. The molecular weight excluding hydrogens is 180 g/mol. The molecule has 0 heterocycles. The lowest BCUT2D eigenvalue weighted by Gasteiger charge is -2.12. The van der Waals surface area contributed by atoms with Crippen LogP contribution >= 0.6 is 0 Å². The van der Waals surface area contributed by atoms with E-state index in [-0.39, 0.29) is 6.42 Å². The topological polar surface area (TPSA) is 60.7 Å². The molecule has 0 amide bonds. The summed E-state index contributed by atoms with van der Waals surface area (Å²) in [6, 6.07) is 9.98. The van der Waals surface area contributed by atoms with Crippen molar-refractivity contribution in [1.82, 2.24) is 0 Å². The first-order chi connectivity index (χ1) is 6.58. The van der Waals surface area contributed by atoms with Gasteiger partial charge < -0.3 is 15.3 Å². The van der Waals surface area contributed by atoms with Gasteiger partial charge in [0.25, 0.3) is 5.97 Å². The zero-order valence-corrected chi connectivity index (χ0v) is 8.06. The number of aryl methyl sites for hydroxylation is 1. The first kappa shape index (κ1) is 11.2. The van der Waals surface area contributed by atoms with Crippen LogP contribution in [0.3, 0.4) is 0 Å². The van der Waals surface area contributed by atoms with E-state index in [1.807, 2.05) is 30.3 Å². The lowest BCUT2D eigenvalue weighted by atomic mass is 10.1. The summed E-state index contributed by atoms with van der Waals surface area (Å²) in [6.45, 7) is 0. The predicted octanol–water partition coefficient (Wildman–Crippen LogP) is 1.03. The maximum absolute atomic E-state index is 8.63. The van der Waals surface area contributed by atoms with Crippen LogP contribution in [0.2, 0.25) is 0 Å². The number of aliphatic hydroxyl groups is 3. The van der Waals surface area contributed by atoms with Gasteiger partial charge in [0.1, 0.15) is 0 Å². The summed E-state index contributed by atoms with van der Waals surface area (Å²) in [7, 11) is 0. The van der Waals surface area contributed by atoms with Crippen molar-refractivity contribution < 1.29 is 15.3 Å². The molecular formula is C11H16O3. The Hall–Kier alpha value is -0.900. The molecule has 0 fully saturated rings. The van der Waals surface area contributed by atoms with Gasteiger partial charge in [-0.15, -0.1) is 0 Å². The summed E-state index contributed by atoms with van der Waals surface area (Å²) < 4.78 is 0. The van der Waals surface area contributed by atoms with Crippen LogP contribution in [-0.4, -0.2) is 21.3 Å². The minimum atomic E-state index is -2.50. The zero-order valence-electron chi connectivity index (χ0n) is 8.06. The van der Waals surface area contributed by atoms with E-state index in [0.717, 1.165) is 12.8 Å². The lowest BCUT2D eigenvalue weighted by Crippen LogP contribution is -2.26. The fourth-order valence-electron chi connectivity index (χ4n) is 1.34. The number of rotatable bonds is 5. The Morgan fingerprint density at radius 1 is 0.929 bits per heavy atom. The van der Waals surface area contributed by atoms with Crippen molar-refractivity contribution in [2.75, 3.05) is 0 Å². The van der Waals surface area contributed by atoms with Crippen LogP contribution in [-0.2, 0) is 6.42 Å². The number of benzene rings is 1. The average Bonchev–Trinajstić information content (AvgIpc) is 2.13. The first-order valence-electron chi connectivity index (χ1n) is 4.79. The molecule has 0 saturated carbocycles. The van der Waals surface area contributed by atoms with Crippen LogP contribution in [0.25, 0.3) is 0 Å². The molecule has 0 atom stereocenters. The van der Waals surface area contributed by atoms with E-state index in [1.165, 1.54) is 5.56 Å². The molecule has 0 radical (unpaired) electrons. The van der Waals surface area contributed by atoms with Crippen molar-refractivity contribution in [3.05, 3.63) is 35.9 Å². The highest BCUT2D eigenvalue weighted by Crippen LogP contribution is 2.10. The van der Waals surface area contributed by atoms with Crippen molar-refractivity contribution >= 4 is 0 Å². The molecule has 1 aromatic carbocycles. The van der Waals surface area contributed by atoms with Crippen LogP contribution in [0.5, 0.6) is 0 Å². The minimum Gasteiger partial charge on any atom is -0.344 e. The summed E-state index contributed by atoms with van der Waals surface area (Å²) in [4.78, 5) is 0. The maximum atomic E-state index is 8.63. The van der Waals surface area contributed by atoms with E-state index in [9.17, 15) is 0 Å². The lowest BCUT2D eigenvalue weighted by molar-refractivity contribution is -0.314. The Morgan fingerprint density at radius 3 is 2.14 bits per heavy atom. The highest BCUT2D eigenvalue weighted by molar-refractivity contribution is 5.14. The van der Waals surface area contributed by atoms with Gasteiger partial charge in [0.15, 0.2) is 0 Å². The quantitative estimate of drug-likeness (QED) is 0.487. The molecule has 3 N–H and O–H groups in total. The van der Waals surface area contributed by atoms with E-state index >= 15 is 0 Å². The molecule has 0 bridgehead atoms. The maximum Gasteiger partial charge on any atom is 0.275 e. The molecule has 0 saturated heterocycles. The van der Waals surface area contributed by atoms with Gasteiger partial charge >= 0.3 is 0 Å². The van der Waals surface area contributed by atoms with E-state index in [2.05, 4.69) is 0 Å². The molecule has 14 heavy (non-hydrogen) atoms. The smallest absolute Gasteiger partial charge is 0.275 e. The van der Waals surface area contributed by atoms with Gasteiger partial charge in [0.05, 0.1) is 0 Å². The van der Waals surface area contributed by atoms with Gasteiger partial charge in [-0.05, 0) is 24.8 Å². The zero-order chi connectivity index (χ0) is 10.4. The predicted molar refractivity (Wildman–Crippen MR) is 53.4 cm³/mol. The molecule has 3 heteroatoms. The van der Waals surface area contributed by atoms with E-state index in [4.69, 9.17) is 15.3 Å². The van der Waals surface area contributed by atoms with Crippen molar-refractivity contribution in [3.8, 4) is 0 Å². The highest BCUT2D eigenvalue weighted by Gasteiger charge is 2.16. The Labute approximate surface area is 83.6 Å². The van der Waals surface area contributed by atoms with Gasteiger partial charge in [-0.3, -0.25) is 0 Å². The second-order valence-electron chi connectivity index (χ2n) is 3.47. The Morgan fingerprint density at radius 2 is 1.57 bits per heavy atom. The molecule has 0 aliphatic carbocycles. The van der Waals surface area contributed by atoms with Crippen LogP contribution < -0.4 is 0 Å². The van der Waals surface area contributed by atoms with Gasteiger partial charge in [0, 0.05) is 6.42 Å². The Kier molecular flexibility index (Phi) is 4.07. The third kappa shape index (κ3) is 4.97. The molecule has 0 unspecified atom stereocenters. The Bertz CT molecular complexity index is 251. The molecule has 0 aliphatic heterocycles. The standard InChI is InChI=1S/C11H16O3/c12-11(13,14)9-5-4-8-10-6-2-1-3-7-10/h1-3,6-7,12-14H,4-5,8-9H2. The van der Waals surface area contributed by atoms with Crippen LogP contribution in [0.15, 0.2) is 30.3 Å². The molecule has 0 aliphatic rings. The van der Waals surface area contributed by atoms with Crippen LogP contribution in [0, 0.1) is 0 Å². The van der Waals surface area contributed by atoms with Crippen molar-refractivity contribution in [1.29, 1.82) is 0 Å². The van der Waals surface area contributed by atoms with Gasteiger partial charge in [-0.25, -0.2) is 0 Å². The SMILES string of the molecule is OC(O)(O)CCCCc1ccccc1. The van der Waals surface area contributed by atoms with Gasteiger partial charge in [0.2, 0.25) is 0 Å². The highest BCUT2D eigenvalue weighted by atomic mass is 16.7. The molecule has 1 rings (SSSR count). The van der Waals surface area contributed by atoms with E-state index in [1.54, 1.807) is 0 Å². The minimum absolute atomic E-state index is 0.000165. The summed E-state index contributed by atoms with van der Waals surface area (Å²) in [5.74, 6) is -2.50. The largest absolute Gasteiger partial charge is 0.344 e. The summed E-state index contributed by atoms with van der Waals surface area (Å²) in [5, 5.41) is 25.9. The number of unbranched alkanes of at least 4 members (excludes halogenated alkanes) is 1. The van der Waals surface area contributed by atoms with Crippen LogP contribution in [0.1, 0.15) is 24.8 Å². The molecule has 1 aromatic rings. The molecule has 0 spiro atoms.